The van der Waals surface area contributed by atoms with Gasteiger partial charge in [-0.3, -0.25) is 0 Å². The van der Waals surface area contributed by atoms with E-state index in [0.717, 1.165) is 43.1 Å². The lowest BCUT2D eigenvalue weighted by atomic mass is 10.2. The van der Waals surface area contributed by atoms with Crippen molar-refractivity contribution in [3.05, 3.63) is 132 Å². The van der Waals surface area contributed by atoms with Crippen LogP contribution < -0.4 is 10.4 Å². The first kappa shape index (κ1) is 78.0. The van der Waals surface area contributed by atoms with Gasteiger partial charge in [0.2, 0.25) is 0 Å². The summed E-state index contributed by atoms with van der Waals surface area (Å²) in [5, 5.41) is 2.36. The van der Waals surface area contributed by atoms with E-state index in [4.69, 9.17) is 32.9 Å². The van der Waals surface area contributed by atoms with E-state index in [1.165, 1.54) is 78.2 Å². The highest BCUT2D eigenvalue weighted by Gasteiger charge is 2.53. The van der Waals surface area contributed by atoms with Crippen LogP contribution in [0.4, 0.5) is 0 Å². The second-order valence-electron chi connectivity index (χ2n) is 28.2. The van der Waals surface area contributed by atoms with E-state index < -0.39 is 92.7 Å². The Morgan fingerprint density at radius 2 is 0.530 bits per heavy atom. The van der Waals surface area contributed by atoms with Gasteiger partial charge < -0.3 is 32.9 Å². The number of unbranched alkanes of at least 4 members (excludes halogenated alkanes) is 3. The van der Waals surface area contributed by atoms with Crippen LogP contribution in [0, 0.1) is 0 Å². The zero-order valence-corrected chi connectivity index (χ0v) is 68.6. The molecule has 0 aromatic heterocycles. The van der Waals surface area contributed by atoms with Crippen molar-refractivity contribution >= 4 is 103 Å². The average Bonchev–Trinajstić information content (AvgIpc) is 3.19. The maximum atomic E-state index is 7.38. The molecule has 0 spiro atoms. The van der Waals surface area contributed by atoms with Gasteiger partial charge in [-0.1, -0.05) is 201 Å². The van der Waals surface area contributed by atoms with Crippen molar-refractivity contribution in [2.24, 2.45) is 0 Å². The standard InChI is InChI=1S/C28H50O3Si4.C24H42O3Si4.C12H32O2Si3/c1-9-11-24-33(5,6)30-35(25-22-27-18-14-12-15-19-27,26-23-28-20-16-13-17-21-28)31-34(7,8)29-32(3,4)10-2;1-9-11-22-29(5,6)26-31(23-18-14-12-15-19-23,24-20-16-13-17-21-24)27-30(7,8)25-28(3,4)10-2;1-9-11-12-16(5,6)14-17(7,8)13-15(3,4)10-2/h12-21H,9-11,22-26H2,1-8H3;12-21H,9-11,22H2,1-8H3;9-12H2,1-8H3. The van der Waals surface area contributed by atoms with E-state index in [1.807, 2.05) is 0 Å². The van der Waals surface area contributed by atoms with Gasteiger partial charge in [-0.15, -0.1) is 0 Å². The van der Waals surface area contributed by atoms with Gasteiger partial charge in [0.15, 0.2) is 49.9 Å². The number of hydrogen-bond donors (Lipinski definition) is 0. The van der Waals surface area contributed by atoms with Crippen LogP contribution in [0.5, 0.6) is 0 Å². The lowest BCUT2D eigenvalue weighted by Crippen LogP contribution is -2.71. The first-order valence-electron chi connectivity index (χ1n) is 32.2. The van der Waals surface area contributed by atoms with Crippen LogP contribution in [0.25, 0.3) is 0 Å². The molecule has 0 saturated heterocycles. The van der Waals surface area contributed by atoms with E-state index in [1.54, 1.807) is 0 Å². The minimum atomic E-state index is -2.96. The molecule has 0 radical (unpaired) electrons. The minimum absolute atomic E-state index is 0.986. The molecule has 4 aromatic rings. The summed E-state index contributed by atoms with van der Waals surface area (Å²) < 4.78 is 55.8. The minimum Gasteiger partial charge on any atom is -0.437 e. The number of rotatable bonds is 36. The second kappa shape index (κ2) is 35.4. The zero-order valence-electron chi connectivity index (χ0n) is 57.6. The number of aryl methyl sites for hydroxylation is 2. The fourth-order valence-corrected chi connectivity index (χ4v) is 61.4. The summed E-state index contributed by atoms with van der Waals surface area (Å²) in [6.45, 7) is 54.8. The Labute approximate surface area is 523 Å². The van der Waals surface area contributed by atoms with Crippen molar-refractivity contribution in [1.29, 1.82) is 0 Å². The van der Waals surface area contributed by atoms with Gasteiger partial charge in [-0.2, -0.15) is 0 Å². The van der Waals surface area contributed by atoms with Crippen molar-refractivity contribution < 1.29 is 32.9 Å². The van der Waals surface area contributed by atoms with Crippen LogP contribution in [0.2, 0.25) is 166 Å². The predicted octanol–water partition coefficient (Wildman–Crippen LogP) is 20.1. The van der Waals surface area contributed by atoms with Crippen LogP contribution in [-0.4, -0.2) is 92.7 Å². The summed E-state index contributed by atoms with van der Waals surface area (Å²) in [5.41, 5.74) is 2.74. The summed E-state index contributed by atoms with van der Waals surface area (Å²) >= 11 is 0. The fraction of sp³-hybridized carbons (Fsp3) is 0.625. The molecule has 0 amide bonds. The molecular formula is C64H124O8Si11. The molecule has 0 fully saturated rings. The maximum Gasteiger partial charge on any atom is 0.388 e. The van der Waals surface area contributed by atoms with Gasteiger partial charge in [0.1, 0.15) is 0 Å². The van der Waals surface area contributed by atoms with Gasteiger partial charge in [-0.25, -0.2) is 0 Å². The molecule has 0 unspecified atom stereocenters. The Balaban J connectivity index is 0.000000450. The number of hydrogen-bond acceptors (Lipinski definition) is 8. The normalized spacial score (nSPS) is 13.5. The van der Waals surface area contributed by atoms with Crippen molar-refractivity contribution in [3.63, 3.8) is 0 Å². The van der Waals surface area contributed by atoms with Crippen LogP contribution in [-0.2, 0) is 45.8 Å². The summed E-state index contributed by atoms with van der Waals surface area (Å²) in [5.74, 6) is 0. The zero-order chi connectivity index (χ0) is 62.9. The van der Waals surface area contributed by atoms with Crippen LogP contribution >= 0.6 is 0 Å². The third kappa shape index (κ3) is 31.3. The molecule has 0 atom stereocenters. The molecule has 0 bridgehead atoms. The van der Waals surface area contributed by atoms with Gasteiger partial charge in [0, 0.05) is 0 Å². The molecule has 83 heavy (non-hydrogen) atoms. The van der Waals surface area contributed by atoms with Crippen molar-refractivity contribution in [1.82, 2.24) is 0 Å². The average molecular weight is 1330 g/mol. The lowest BCUT2D eigenvalue weighted by molar-refractivity contribution is 0.312. The molecule has 0 aliphatic carbocycles. The second-order valence-corrected chi connectivity index (χ2v) is 73.1. The molecule has 0 heterocycles. The van der Waals surface area contributed by atoms with E-state index in [9.17, 15) is 0 Å². The SMILES string of the molecule is CCCC[Si](C)(C)O[Si](C)(C)O[Si](C)(C)CC.CCCC[Si](C)(C)O[Si](CCc1ccccc1)(CCc1ccccc1)O[Si](C)(C)O[Si](C)(C)CC.CCCC[Si](C)(C)O[Si](O[Si](C)(C)O[Si](C)(C)CC)(c1ccccc1)c1ccccc1. The van der Waals surface area contributed by atoms with Crippen molar-refractivity contribution in [2.75, 3.05) is 0 Å². The molecule has 472 valence electrons. The van der Waals surface area contributed by atoms with Gasteiger partial charge in [-0.05, 0) is 201 Å². The van der Waals surface area contributed by atoms with Gasteiger partial charge in [0.05, 0.1) is 0 Å². The highest BCUT2D eigenvalue weighted by Crippen LogP contribution is 2.35. The number of benzene rings is 4. The Hall–Kier alpha value is -1.05. The summed E-state index contributed by atoms with van der Waals surface area (Å²) in [7, 11) is -22.7. The van der Waals surface area contributed by atoms with Crippen LogP contribution in [0.3, 0.4) is 0 Å². The summed E-state index contributed by atoms with van der Waals surface area (Å²) in [6, 6.07) is 51.9. The Morgan fingerprint density at radius 3 is 0.843 bits per heavy atom. The molecule has 4 aromatic carbocycles. The Bertz CT molecular complexity index is 2280. The van der Waals surface area contributed by atoms with E-state index in [0.29, 0.717) is 0 Å². The largest absolute Gasteiger partial charge is 0.437 e. The highest BCUT2D eigenvalue weighted by atomic mass is 28.5. The molecule has 0 N–H and O–H groups in total. The Kier molecular flexibility index (Phi) is 33.3. The molecular weight excluding hydrogens is 1210 g/mol. The van der Waals surface area contributed by atoms with Crippen LogP contribution in [0.1, 0.15) is 91.2 Å². The molecule has 19 heteroatoms. The van der Waals surface area contributed by atoms with Crippen molar-refractivity contribution in [3.8, 4) is 0 Å². The third-order valence-electron chi connectivity index (χ3n) is 15.3. The first-order valence-corrected chi connectivity index (χ1v) is 63.4. The summed E-state index contributed by atoms with van der Waals surface area (Å²) in [4.78, 5) is 0. The first-order chi connectivity index (χ1) is 38.4. The van der Waals surface area contributed by atoms with E-state index in [2.05, 4.69) is 281 Å². The molecule has 0 aliphatic heterocycles. The van der Waals surface area contributed by atoms with Gasteiger partial charge >= 0.3 is 42.8 Å². The van der Waals surface area contributed by atoms with Gasteiger partial charge in [0.25, 0.3) is 0 Å². The third-order valence-corrected chi connectivity index (χ3v) is 59.7. The highest BCUT2D eigenvalue weighted by molar-refractivity contribution is 7.02. The van der Waals surface area contributed by atoms with E-state index in [-0.39, 0.29) is 0 Å². The quantitative estimate of drug-likeness (QED) is 0.0417. The topological polar surface area (TPSA) is 73.8 Å². The molecule has 4 rings (SSSR count). The molecule has 0 saturated carbocycles. The Morgan fingerprint density at radius 1 is 0.265 bits per heavy atom. The smallest absolute Gasteiger partial charge is 0.388 e. The van der Waals surface area contributed by atoms with E-state index >= 15 is 0 Å². The summed E-state index contributed by atoms with van der Waals surface area (Å²) in [6.07, 6.45) is 9.37. The van der Waals surface area contributed by atoms with Crippen LogP contribution in [0.15, 0.2) is 121 Å². The lowest BCUT2D eigenvalue weighted by Gasteiger charge is -2.44. The predicted molar refractivity (Wildman–Crippen MR) is 390 cm³/mol. The monoisotopic (exact) mass is 1330 g/mol. The fourth-order valence-electron chi connectivity index (χ4n) is 10.6. The maximum absolute atomic E-state index is 7.38. The molecule has 0 aliphatic rings. The van der Waals surface area contributed by atoms with Crippen molar-refractivity contribution in [2.45, 2.75) is 259 Å². The molecule has 8 nitrogen and oxygen atoms in total.